The minimum absolute atomic E-state index is 0.203. The maximum atomic E-state index is 12.8. The van der Waals surface area contributed by atoms with Gasteiger partial charge in [0.1, 0.15) is 11.3 Å². The van der Waals surface area contributed by atoms with E-state index in [1.54, 1.807) is 42.5 Å². The van der Waals surface area contributed by atoms with Gasteiger partial charge in [0.2, 0.25) is 0 Å². The third-order valence-corrected chi connectivity index (χ3v) is 4.97. The van der Waals surface area contributed by atoms with Crippen LogP contribution in [0.4, 0.5) is 10.5 Å². The Morgan fingerprint density at radius 3 is 2.41 bits per heavy atom. The van der Waals surface area contributed by atoms with E-state index in [4.69, 9.17) is 10.5 Å². The fraction of sp³-hybridized carbons (Fsp3) is 0.0526. The molecule has 2 aromatic rings. The van der Waals surface area contributed by atoms with E-state index in [9.17, 15) is 19.2 Å². The number of halogens is 2. The molecule has 1 heterocycles. The summed E-state index contributed by atoms with van der Waals surface area (Å²) in [6.45, 7) is -0.288. The third-order valence-electron chi connectivity index (χ3n) is 3.82. The first kappa shape index (κ1) is 20.7. The number of anilines is 1. The predicted octanol–water partition coefficient (Wildman–Crippen LogP) is 2.74. The van der Waals surface area contributed by atoms with Crippen LogP contribution in [0.1, 0.15) is 5.56 Å². The fourth-order valence-electron chi connectivity index (χ4n) is 2.52. The Bertz CT molecular complexity index is 1050. The van der Waals surface area contributed by atoms with Gasteiger partial charge in [-0.25, -0.2) is 9.69 Å². The zero-order chi connectivity index (χ0) is 21.1. The average Bonchev–Trinajstić information content (AvgIpc) is 2.65. The lowest BCUT2D eigenvalue weighted by molar-refractivity contribution is -0.123. The van der Waals surface area contributed by atoms with E-state index in [1.165, 1.54) is 6.08 Å². The summed E-state index contributed by atoms with van der Waals surface area (Å²) in [6, 6.07) is 10.4. The number of rotatable bonds is 5. The van der Waals surface area contributed by atoms with Crippen LogP contribution in [-0.4, -0.2) is 30.4 Å². The van der Waals surface area contributed by atoms with Crippen LogP contribution in [0.15, 0.2) is 57.0 Å². The second kappa shape index (κ2) is 8.58. The lowest BCUT2D eigenvalue weighted by atomic mass is 10.1. The van der Waals surface area contributed by atoms with Crippen LogP contribution in [0, 0.1) is 0 Å². The first-order chi connectivity index (χ1) is 13.8. The van der Waals surface area contributed by atoms with Crippen molar-refractivity contribution in [1.29, 1.82) is 0 Å². The smallest absolute Gasteiger partial charge is 0.335 e. The SMILES string of the molecule is NC(=O)COc1ccc(/C=C2\C(=O)NC(=O)N(c3ccc(Br)cc3)C2=O)cc1Br. The lowest BCUT2D eigenvalue weighted by Gasteiger charge is -2.26. The van der Waals surface area contributed by atoms with Crippen LogP contribution in [0.3, 0.4) is 0 Å². The highest BCUT2D eigenvalue weighted by Gasteiger charge is 2.36. The molecular weight excluding hydrogens is 510 g/mol. The molecule has 29 heavy (non-hydrogen) atoms. The van der Waals surface area contributed by atoms with Crippen molar-refractivity contribution in [3.05, 3.63) is 62.5 Å². The number of nitrogens with zero attached hydrogens (tertiary/aromatic N) is 1. The predicted molar refractivity (Wildman–Crippen MR) is 112 cm³/mol. The maximum Gasteiger partial charge on any atom is 0.335 e. The van der Waals surface area contributed by atoms with E-state index in [2.05, 4.69) is 37.2 Å². The van der Waals surface area contributed by atoms with Gasteiger partial charge in [-0.05, 0) is 64.0 Å². The Labute approximate surface area is 181 Å². The Balaban J connectivity index is 1.91. The van der Waals surface area contributed by atoms with E-state index in [1.807, 2.05) is 0 Å². The molecule has 148 valence electrons. The molecule has 8 nitrogen and oxygen atoms in total. The molecule has 0 saturated carbocycles. The molecule has 0 aromatic heterocycles. The first-order valence-corrected chi connectivity index (χ1v) is 9.72. The summed E-state index contributed by atoms with van der Waals surface area (Å²) in [4.78, 5) is 49.0. The summed E-state index contributed by atoms with van der Waals surface area (Å²) in [6.07, 6.45) is 1.36. The van der Waals surface area contributed by atoms with Gasteiger partial charge in [-0.2, -0.15) is 0 Å². The molecule has 0 radical (unpaired) electrons. The van der Waals surface area contributed by atoms with Crippen LogP contribution in [0.25, 0.3) is 6.08 Å². The number of benzene rings is 2. The number of carbonyl (C=O) groups excluding carboxylic acids is 4. The molecule has 1 fully saturated rings. The monoisotopic (exact) mass is 521 g/mol. The largest absolute Gasteiger partial charge is 0.483 e. The van der Waals surface area contributed by atoms with E-state index < -0.39 is 23.8 Å². The summed E-state index contributed by atoms with van der Waals surface area (Å²) < 4.78 is 6.52. The van der Waals surface area contributed by atoms with E-state index in [-0.39, 0.29) is 12.2 Å². The summed E-state index contributed by atoms with van der Waals surface area (Å²) in [5.74, 6) is -1.79. The van der Waals surface area contributed by atoms with Crippen LogP contribution < -0.4 is 20.7 Å². The van der Waals surface area contributed by atoms with E-state index >= 15 is 0 Å². The number of nitrogens with two attached hydrogens (primary N) is 1. The van der Waals surface area contributed by atoms with Gasteiger partial charge >= 0.3 is 6.03 Å². The quantitative estimate of drug-likeness (QED) is 0.462. The number of ether oxygens (including phenoxy) is 1. The highest BCUT2D eigenvalue weighted by molar-refractivity contribution is 9.10. The molecule has 5 amide bonds. The number of amides is 5. The third kappa shape index (κ3) is 4.72. The van der Waals surface area contributed by atoms with Crippen LogP contribution in [0.2, 0.25) is 0 Å². The van der Waals surface area contributed by atoms with Gasteiger partial charge < -0.3 is 10.5 Å². The molecule has 0 aliphatic carbocycles. The molecule has 3 N–H and O–H groups in total. The molecular formula is C19H13Br2N3O5. The van der Waals surface area contributed by atoms with Crippen molar-refractivity contribution in [3.8, 4) is 5.75 Å². The zero-order valence-electron chi connectivity index (χ0n) is 14.6. The van der Waals surface area contributed by atoms with Gasteiger partial charge in [0.05, 0.1) is 10.2 Å². The average molecular weight is 523 g/mol. The minimum atomic E-state index is -0.823. The number of hydrogen-bond donors (Lipinski definition) is 2. The van der Waals surface area contributed by atoms with Crippen molar-refractivity contribution >= 4 is 67.4 Å². The fourth-order valence-corrected chi connectivity index (χ4v) is 3.30. The van der Waals surface area contributed by atoms with Crippen LogP contribution in [-0.2, 0) is 14.4 Å². The first-order valence-electron chi connectivity index (χ1n) is 8.14. The van der Waals surface area contributed by atoms with Gasteiger partial charge in [-0.3, -0.25) is 19.7 Å². The van der Waals surface area contributed by atoms with Crippen molar-refractivity contribution in [2.75, 3.05) is 11.5 Å². The highest BCUT2D eigenvalue weighted by Crippen LogP contribution is 2.28. The van der Waals surface area contributed by atoms with Crippen molar-refractivity contribution in [3.63, 3.8) is 0 Å². The maximum absolute atomic E-state index is 12.8. The zero-order valence-corrected chi connectivity index (χ0v) is 17.8. The molecule has 1 aliphatic rings. The molecule has 1 saturated heterocycles. The van der Waals surface area contributed by atoms with Gasteiger partial charge in [0.25, 0.3) is 17.7 Å². The second-order valence-corrected chi connectivity index (χ2v) is 7.65. The van der Waals surface area contributed by atoms with Gasteiger partial charge in [0.15, 0.2) is 6.61 Å². The Hall–Kier alpha value is -2.98. The summed E-state index contributed by atoms with van der Waals surface area (Å²) in [7, 11) is 0. The topological polar surface area (TPSA) is 119 Å². The number of primary amides is 1. The number of nitrogens with one attached hydrogen (secondary N) is 1. The van der Waals surface area contributed by atoms with Crippen molar-refractivity contribution in [2.45, 2.75) is 0 Å². The Morgan fingerprint density at radius 2 is 1.79 bits per heavy atom. The molecule has 0 spiro atoms. The Morgan fingerprint density at radius 1 is 1.10 bits per heavy atom. The summed E-state index contributed by atoms with van der Waals surface area (Å²) >= 11 is 6.58. The molecule has 3 rings (SSSR count). The van der Waals surface area contributed by atoms with Crippen molar-refractivity contribution in [1.82, 2.24) is 5.32 Å². The minimum Gasteiger partial charge on any atom is -0.483 e. The standard InChI is InChI=1S/C19H13Br2N3O5/c20-11-2-4-12(5-3-11)24-18(27)13(17(26)23-19(24)28)7-10-1-6-15(14(21)8-10)29-9-16(22)25/h1-8H,9H2,(H2,22,25)(H,23,26,28)/b13-7+. The Kier molecular flexibility index (Phi) is 6.14. The normalized spacial score (nSPS) is 15.4. The lowest BCUT2D eigenvalue weighted by Crippen LogP contribution is -2.54. The highest BCUT2D eigenvalue weighted by atomic mass is 79.9. The van der Waals surface area contributed by atoms with Crippen LogP contribution in [0.5, 0.6) is 5.75 Å². The molecule has 10 heteroatoms. The van der Waals surface area contributed by atoms with Gasteiger partial charge in [-0.15, -0.1) is 0 Å². The molecule has 1 aliphatic heterocycles. The number of imide groups is 2. The van der Waals surface area contributed by atoms with Gasteiger partial charge in [0, 0.05) is 4.47 Å². The number of hydrogen-bond acceptors (Lipinski definition) is 5. The molecule has 0 bridgehead atoms. The van der Waals surface area contributed by atoms with E-state index in [0.717, 1.165) is 9.37 Å². The molecule has 0 atom stereocenters. The second-order valence-electron chi connectivity index (χ2n) is 5.88. The summed E-state index contributed by atoms with van der Waals surface area (Å²) in [5.41, 5.74) is 5.68. The number of carbonyl (C=O) groups is 4. The van der Waals surface area contributed by atoms with E-state index in [0.29, 0.717) is 21.5 Å². The van der Waals surface area contributed by atoms with Crippen molar-refractivity contribution < 1.29 is 23.9 Å². The molecule has 0 unspecified atom stereocenters. The van der Waals surface area contributed by atoms with Gasteiger partial charge in [-0.1, -0.05) is 22.0 Å². The van der Waals surface area contributed by atoms with Crippen molar-refractivity contribution in [2.24, 2.45) is 5.73 Å². The molecule has 2 aromatic carbocycles. The summed E-state index contributed by atoms with van der Waals surface area (Å²) in [5, 5.41) is 2.16. The number of urea groups is 1. The number of barbiturate groups is 1. The van der Waals surface area contributed by atoms with Crippen LogP contribution >= 0.6 is 31.9 Å².